The number of ether oxygens (including phenoxy) is 3. The molecule has 2 rings (SSSR count). The van der Waals surface area contributed by atoms with E-state index in [1.54, 1.807) is 13.0 Å². The molecule has 6 heteroatoms. The molecule has 0 aromatic heterocycles. The van der Waals surface area contributed by atoms with Gasteiger partial charge in [0.1, 0.15) is 6.04 Å². The van der Waals surface area contributed by atoms with Crippen molar-refractivity contribution in [1.29, 1.82) is 0 Å². The number of esters is 1. The highest BCUT2D eigenvalue weighted by Crippen LogP contribution is 2.39. The van der Waals surface area contributed by atoms with E-state index in [0.29, 0.717) is 23.1 Å². The summed E-state index contributed by atoms with van der Waals surface area (Å²) in [6.07, 6.45) is 0. The van der Waals surface area contributed by atoms with E-state index in [-0.39, 0.29) is 18.8 Å². The van der Waals surface area contributed by atoms with E-state index in [1.165, 1.54) is 7.11 Å². The Morgan fingerprint density at radius 1 is 1.56 bits per heavy atom. The summed E-state index contributed by atoms with van der Waals surface area (Å²) in [5, 5.41) is 3.55. The second-order valence-corrected chi connectivity index (χ2v) is 4.34. The van der Waals surface area contributed by atoms with Crippen molar-refractivity contribution < 1.29 is 19.0 Å². The third-order valence-corrected chi connectivity index (χ3v) is 2.93. The van der Waals surface area contributed by atoms with E-state index >= 15 is 0 Å². The first-order valence-electron chi connectivity index (χ1n) is 5.51. The van der Waals surface area contributed by atoms with Gasteiger partial charge in [0.05, 0.1) is 12.1 Å². The third-order valence-electron chi connectivity index (χ3n) is 2.65. The molecular weight excluding hydrogens is 258 g/mol. The Hall–Kier alpha value is -1.46. The summed E-state index contributed by atoms with van der Waals surface area (Å²) >= 11 is 6.06. The Morgan fingerprint density at radius 3 is 3.06 bits per heavy atom. The van der Waals surface area contributed by atoms with Gasteiger partial charge in [-0.2, -0.15) is 0 Å². The molecule has 1 aromatic rings. The van der Waals surface area contributed by atoms with Crippen molar-refractivity contribution >= 4 is 17.6 Å². The van der Waals surface area contributed by atoms with Gasteiger partial charge in [-0.15, -0.1) is 0 Å². The first kappa shape index (κ1) is 13.0. The van der Waals surface area contributed by atoms with E-state index in [0.717, 1.165) is 5.56 Å². The number of hydrogen-bond acceptors (Lipinski definition) is 5. The Morgan fingerprint density at radius 2 is 2.33 bits per heavy atom. The van der Waals surface area contributed by atoms with Gasteiger partial charge in [0.2, 0.25) is 6.79 Å². The van der Waals surface area contributed by atoms with Gasteiger partial charge in [0.15, 0.2) is 11.5 Å². The summed E-state index contributed by atoms with van der Waals surface area (Å²) in [5.74, 6) is 0.897. The molecule has 0 radical (unpaired) electrons. The van der Waals surface area contributed by atoms with Crippen LogP contribution >= 0.6 is 11.6 Å². The van der Waals surface area contributed by atoms with Gasteiger partial charge in [0, 0.05) is 6.54 Å². The van der Waals surface area contributed by atoms with Gasteiger partial charge >= 0.3 is 5.97 Å². The molecule has 0 fully saturated rings. The fraction of sp³-hybridized carbons (Fsp3) is 0.417. The summed E-state index contributed by atoms with van der Waals surface area (Å²) in [6.45, 7) is 2.41. The van der Waals surface area contributed by atoms with Gasteiger partial charge < -0.3 is 19.5 Å². The van der Waals surface area contributed by atoms with Crippen LogP contribution in [0.2, 0.25) is 5.02 Å². The zero-order chi connectivity index (χ0) is 13.1. The van der Waals surface area contributed by atoms with E-state index in [2.05, 4.69) is 10.1 Å². The van der Waals surface area contributed by atoms with E-state index in [4.69, 9.17) is 21.1 Å². The maximum Gasteiger partial charge on any atom is 0.322 e. The maximum absolute atomic E-state index is 11.2. The molecule has 0 spiro atoms. The smallest absolute Gasteiger partial charge is 0.322 e. The molecule has 0 aliphatic carbocycles. The average molecular weight is 272 g/mol. The predicted molar refractivity (Wildman–Crippen MR) is 65.9 cm³/mol. The first-order valence-corrected chi connectivity index (χ1v) is 5.89. The fourth-order valence-electron chi connectivity index (χ4n) is 1.65. The lowest BCUT2D eigenvalue weighted by Crippen LogP contribution is -2.34. The molecular formula is C12H14ClNO4. The molecule has 98 valence electrons. The van der Waals surface area contributed by atoms with Gasteiger partial charge in [-0.05, 0) is 24.6 Å². The number of hydrogen-bond donors (Lipinski definition) is 1. The zero-order valence-electron chi connectivity index (χ0n) is 10.2. The monoisotopic (exact) mass is 271 g/mol. The summed E-state index contributed by atoms with van der Waals surface area (Å²) in [6, 6.07) is 3.25. The summed E-state index contributed by atoms with van der Waals surface area (Å²) < 4.78 is 15.1. The lowest BCUT2D eigenvalue weighted by molar-refractivity contribution is -0.142. The Balaban J connectivity index is 2.02. The van der Waals surface area contributed by atoms with E-state index < -0.39 is 0 Å². The Kier molecular flexibility index (Phi) is 3.93. The standard InChI is InChI=1S/C12H14ClNO4/c1-7(12(15)16-2)14-5-8-3-9(13)11-10(4-8)17-6-18-11/h3-4,7,14H,5-6H2,1-2H3. The largest absolute Gasteiger partial charge is 0.468 e. The summed E-state index contributed by atoms with van der Waals surface area (Å²) in [5.41, 5.74) is 0.917. The van der Waals surface area contributed by atoms with Crippen molar-refractivity contribution in [3.63, 3.8) is 0 Å². The fourth-order valence-corrected chi connectivity index (χ4v) is 1.94. The van der Waals surface area contributed by atoms with E-state index in [1.807, 2.05) is 6.07 Å². The molecule has 1 aromatic carbocycles. The number of fused-ring (bicyclic) bond motifs is 1. The second kappa shape index (κ2) is 5.46. The number of carbonyl (C=O) groups is 1. The van der Waals surface area contributed by atoms with Crippen molar-refractivity contribution in [3.05, 3.63) is 22.7 Å². The number of halogens is 1. The molecule has 1 N–H and O–H groups in total. The van der Waals surface area contributed by atoms with Crippen LogP contribution < -0.4 is 14.8 Å². The average Bonchev–Trinajstić information content (AvgIpc) is 2.83. The van der Waals surface area contributed by atoms with Crippen LogP contribution in [-0.2, 0) is 16.1 Å². The van der Waals surface area contributed by atoms with Crippen molar-refractivity contribution in [2.24, 2.45) is 0 Å². The van der Waals surface area contributed by atoms with Crippen LogP contribution in [0.1, 0.15) is 12.5 Å². The van der Waals surface area contributed by atoms with Crippen LogP contribution in [0.5, 0.6) is 11.5 Å². The number of carbonyl (C=O) groups excluding carboxylic acids is 1. The molecule has 0 saturated carbocycles. The topological polar surface area (TPSA) is 56.8 Å². The summed E-state index contributed by atoms with van der Waals surface area (Å²) in [4.78, 5) is 11.2. The highest BCUT2D eigenvalue weighted by molar-refractivity contribution is 6.32. The molecule has 1 aliphatic heterocycles. The van der Waals surface area contributed by atoms with Gasteiger partial charge in [-0.3, -0.25) is 4.79 Å². The molecule has 1 heterocycles. The number of rotatable bonds is 4. The zero-order valence-corrected chi connectivity index (χ0v) is 10.9. The molecule has 1 aliphatic rings. The second-order valence-electron chi connectivity index (χ2n) is 3.94. The molecule has 5 nitrogen and oxygen atoms in total. The molecule has 0 saturated heterocycles. The minimum Gasteiger partial charge on any atom is -0.468 e. The Bertz CT molecular complexity index is 464. The summed E-state index contributed by atoms with van der Waals surface area (Å²) in [7, 11) is 1.36. The third kappa shape index (κ3) is 2.68. The first-order chi connectivity index (χ1) is 8.61. The quantitative estimate of drug-likeness (QED) is 0.845. The Labute approximate surface area is 110 Å². The van der Waals surface area contributed by atoms with Crippen LogP contribution in [-0.4, -0.2) is 25.9 Å². The van der Waals surface area contributed by atoms with Crippen molar-refractivity contribution in [2.45, 2.75) is 19.5 Å². The maximum atomic E-state index is 11.2. The van der Waals surface area contributed by atoms with Crippen LogP contribution in [0.15, 0.2) is 12.1 Å². The molecule has 0 amide bonds. The van der Waals surface area contributed by atoms with Gasteiger partial charge in [-0.25, -0.2) is 0 Å². The lowest BCUT2D eigenvalue weighted by Gasteiger charge is -2.12. The minimum absolute atomic E-state index is 0.185. The predicted octanol–water partition coefficient (Wildman–Crippen LogP) is 1.72. The number of nitrogens with one attached hydrogen (secondary N) is 1. The number of benzene rings is 1. The molecule has 1 atom stereocenters. The van der Waals surface area contributed by atoms with Crippen LogP contribution in [0.25, 0.3) is 0 Å². The van der Waals surface area contributed by atoms with Gasteiger partial charge in [-0.1, -0.05) is 11.6 Å². The van der Waals surface area contributed by atoms with Crippen LogP contribution in [0.3, 0.4) is 0 Å². The van der Waals surface area contributed by atoms with E-state index in [9.17, 15) is 4.79 Å². The van der Waals surface area contributed by atoms with Crippen molar-refractivity contribution in [2.75, 3.05) is 13.9 Å². The SMILES string of the molecule is COC(=O)C(C)NCc1cc(Cl)c2c(c1)OCO2. The van der Waals surface area contributed by atoms with Crippen molar-refractivity contribution in [1.82, 2.24) is 5.32 Å². The minimum atomic E-state index is -0.376. The number of methoxy groups -OCH3 is 1. The van der Waals surface area contributed by atoms with Crippen LogP contribution in [0, 0.1) is 0 Å². The van der Waals surface area contributed by atoms with Crippen LogP contribution in [0.4, 0.5) is 0 Å². The highest BCUT2D eigenvalue weighted by atomic mass is 35.5. The highest BCUT2D eigenvalue weighted by Gasteiger charge is 2.19. The normalized spacial score (nSPS) is 14.4. The molecule has 1 unspecified atom stereocenters. The lowest BCUT2D eigenvalue weighted by atomic mass is 10.2. The van der Waals surface area contributed by atoms with Crippen molar-refractivity contribution in [3.8, 4) is 11.5 Å². The molecule has 18 heavy (non-hydrogen) atoms. The van der Waals surface area contributed by atoms with Gasteiger partial charge in [0.25, 0.3) is 0 Å². The molecule has 0 bridgehead atoms.